The van der Waals surface area contributed by atoms with Crippen LogP contribution in [-0.4, -0.2) is 42.7 Å². The van der Waals surface area contributed by atoms with Crippen molar-refractivity contribution in [1.82, 2.24) is 10.6 Å². The maximum absolute atomic E-state index is 5.87. The summed E-state index contributed by atoms with van der Waals surface area (Å²) in [5.41, 5.74) is 0. The number of thioether (sulfide) groups is 1. The van der Waals surface area contributed by atoms with Gasteiger partial charge in [-0.3, -0.25) is 0 Å². The number of hydrogen-bond acceptors (Lipinski definition) is 3. The molecule has 1 aliphatic heterocycles. The number of guanidine groups is 1. The minimum Gasteiger partial charge on any atom is -0.489 e. The number of ether oxygens (including phenoxy) is 1. The summed E-state index contributed by atoms with van der Waals surface area (Å²) in [6.45, 7) is 5.66. The van der Waals surface area contributed by atoms with Gasteiger partial charge >= 0.3 is 0 Å². The standard InChI is InChI=1S/C17H27N3OS.HI/c1-3-18-17(20-15-8-7-11-22-13-15)19-12-14(2)21-16-9-5-4-6-10-16;/h4-6,9-10,14-15H,3,7-8,11-13H2,1-2H3,(H2,18,19,20);1H. The van der Waals surface area contributed by atoms with Crippen molar-refractivity contribution in [2.45, 2.75) is 38.8 Å². The summed E-state index contributed by atoms with van der Waals surface area (Å²) in [6, 6.07) is 10.4. The summed E-state index contributed by atoms with van der Waals surface area (Å²) in [6.07, 6.45) is 2.57. The number of para-hydroxylation sites is 1. The Morgan fingerprint density at radius 3 is 2.83 bits per heavy atom. The maximum Gasteiger partial charge on any atom is 0.191 e. The van der Waals surface area contributed by atoms with Crippen LogP contribution >= 0.6 is 35.7 Å². The molecule has 1 aromatic carbocycles. The molecule has 0 aromatic heterocycles. The van der Waals surface area contributed by atoms with E-state index in [2.05, 4.69) is 29.5 Å². The highest BCUT2D eigenvalue weighted by Gasteiger charge is 2.15. The van der Waals surface area contributed by atoms with E-state index in [0.717, 1.165) is 18.3 Å². The number of benzene rings is 1. The average molecular weight is 449 g/mol. The van der Waals surface area contributed by atoms with Crippen LogP contribution in [0.3, 0.4) is 0 Å². The predicted octanol–water partition coefficient (Wildman–Crippen LogP) is 3.52. The van der Waals surface area contributed by atoms with E-state index in [0.29, 0.717) is 12.6 Å². The van der Waals surface area contributed by atoms with E-state index in [9.17, 15) is 0 Å². The van der Waals surface area contributed by atoms with Crippen LogP contribution in [0.15, 0.2) is 35.3 Å². The van der Waals surface area contributed by atoms with E-state index in [4.69, 9.17) is 4.74 Å². The molecular weight excluding hydrogens is 421 g/mol. The molecule has 2 atom stereocenters. The monoisotopic (exact) mass is 449 g/mol. The van der Waals surface area contributed by atoms with Gasteiger partial charge in [-0.05, 0) is 44.6 Å². The molecular formula is C17H28IN3OS. The Morgan fingerprint density at radius 1 is 1.39 bits per heavy atom. The van der Waals surface area contributed by atoms with Gasteiger partial charge in [0.05, 0.1) is 6.54 Å². The molecule has 2 unspecified atom stereocenters. The van der Waals surface area contributed by atoms with Crippen LogP contribution in [0.2, 0.25) is 0 Å². The van der Waals surface area contributed by atoms with Crippen LogP contribution in [0.25, 0.3) is 0 Å². The van der Waals surface area contributed by atoms with Crippen molar-refractivity contribution in [3.05, 3.63) is 30.3 Å². The fourth-order valence-electron chi connectivity index (χ4n) is 2.36. The van der Waals surface area contributed by atoms with Crippen LogP contribution in [0.5, 0.6) is 5.75 Å². The first-order valence-electron chi connectivity index (χ1n) is 8.12. The fraction of sp³-hybridized carbons (Fsp3) is 0.588. The van der Waals surface area contributed by atoms with Crippen molar-refractivity contribution in [3.63, 3.8) is 0 Å². The lowest BCUT2D eigenvalue weighted by atomic mass is 10.2. The zero-order valence-electron chi connectivity index (χ0n) is 14.0. The second-order valence-electron chi connectivity index (χ2n) is 5.52. The first-order valence-corrected chi connectivity index (χ1v) is 9.27. The van der Waals surface area contributed by atoms with E-state index in [1.165, 1.54) is 24.3 Å². The summed E-state index contributed by atoms with van der Waals surface area (Å²) in [5.74, 6) is 4.25. The summed E-state index contributed by atoms with van der Waals surface area (Å²) in [5, 5.41) is 6.86. The van der Waals surface area contributed by atoms with Gasteiger partial charge in [-0.25, -0.2) is 4.99 Å². The molecule has 1 heterocycles. The molecule has 23 heavy (non-hydrogen) atoms. The van der Waals surface area contributed by atoms with Gasteiger partial charge in [0.25, 0.3) is 0 Å². The topological polar surface area (TPSA) is 45.7 Å². The van der Waals surface area contributed by atoms with Crippen molar-refractivity contribution >= 4 is 41.7 Å². The van der Waals surface area contributed by atoms with Crippen LogP contribution < -0.4 is 15.4 Å². The van der Waals surface area contributed by atoms with E-state index in [-0.39, 0.29) is 30.1 Å². The second-order valence-corrected chi connectivity index (χ2v) is 6.67. The molecule has 6 heteroatoms. The smallest absolute Gasteiger partial charge is 0.191 e. The first kappa shape index (κ1) is 20.4. The third-order valence-corrected chi connectivity index (χ3v) is 4.65. The Kier molecular flexibility index (Phi) is 10.5. The molecule has 0 spiro atoms. The Hall–Kier alpha value is -0.630. The largest absolute Gasteiger partial charge is 0.489 e. The normalized spacial score (nSPS) is 19.4. The maximum atomic E-state index is 5.87. The van der Waals surface area contributed by atoms with Gasteiger partial charge in [-0.15, -0.1) is 24.0 Å². The second kappa shape index (κ2) is 11.8. The molecule has 2 rings (SSSR count). The number of nitrogens with one attached hydrogen (secondary N) is 2. The lowest BCUT2D eigenvalue weighted by Gasteiger charge is -2.24. The SMILES string of the molecule is CCNC(=NCC(C)Oc1ccccc1)NC1CCCSC1.I. The number of halogens is 1. The van der Waals surface area contributed by atoms with Gasteiger partial charge in [0.2, 0.25) is 0 Å². The highest BCUT2D eigenvalue weighted by atomic mass is 127. The Labute approximate surface area is 161 Å². The number of aliphatic imine (C=N–C) groups is 1. The third-order valence-electron chi connectivity index (χ3n) is 3.43. The quantitative estimate of drug-likeness (QED) is 0.397. The molecule has 2 N–H and O–H groups in total. The van der Waals surface area contributed by atoms with E-state index in [1.54, 1.807) is 0 Å². The van der Waals surface area contributed by atoms with E-state index < -0.39 is 0 Å². The predicted molar refractivity (Wildman–Crippen MR) is 111 cm³/mol. The molecule has 0 aliphatic carbocycles. The van der Waals surface area contributed by atoms with Crippen molar-refractivity contribution < 1.29 is 4.74 Å². The highest BCUT2D eigenvalue weighted by Crippen LogP contribution is 2.16. The molecule has 0 radical (unpaired) electrons. The Bertz CT molecular complexity index is 452. The van der Waals surface area contributed by atoms with E-state index in [1.807, 2.05) is 42.1 Å². The summed E-state index contributed by atoms with van der Waals surface area (Å²) < 4.78 is 5.87. The molecule has 0 saturated carbocycles. The summed E-state index contributed by atoms with van der Waals surface area (Å²) >= 11 is 2.02. The molecule has 1 aromatic rings. The van der Waals surface area contributed by atoms with Crippen LogP contribution in [-0.2, 0) is 0 Å². The first-order chi connectivity index (χ1) is 10.8. The van der Waals surface area contributed by atoms with Crippen molar-refractivity contribution in [1.29, 1.82) is 0 Å². The lowest BCUT2D eigenvalue weighted by molar-refractivity contribution is 0.230. The number of hydrogen-bond donors (Lipinski definition) is 2. The van der Waals surface area contributed by atoms with Gasteiger partial charge in [-0.1, -0.05) is 18.2 Å². The molecule has 1 fully saturated rings. The number of rotatable bonds is 6. The molecule has 1 aliphatic rings. The number of nitrogens with zero attached hydrogens (tertiary/aromatic N) is 1. The molecule has 4 nitrogen and oxygen atoms in total. The van der Waals surface area contributed by atoms with Gasteiger partial charge in [-0.2, -0.15) is 11.8 Å². The molecule has 0 bridgehead atoms. The molecule has 130 valence electrons. The summed E-state index contributed by atoms with van der Waals surface area (Å²) in [7, 11) is 0. The lowest BCUT2D eigenvalue weighted by Crippen LogP contribution is -2.45. The van der Waals surface area contributed by atoms with Crippen molar-refractivity contribution in [2.75, 3.05) is 24.6 Å². The zero-order valence-corrected chi connectivity index (χ0v) is 17.1. The van der Waals surface area contributed by atoms with E-state index >= 15 is 0 Å². The van der Waals surface area contributed by atoms with Crippen LogP contribution in [0.4, 0.5) is 0 Å². The third kappa shape index (κ3) is 8.15. The van der Waals surface area contributed by atoms with Gasteiger partial charge in [0, 0.05) is 18.3 Å². The van der Waals surface area contributed by atoms with Crippen molar-refractivity contribution in [3.8, 4) is 5.75 Å². The van der Waals surface area contributed by atoms with Crippen LogP contribution in [0, 0.1) is 0 Å². The van der Waals surface area contributed by atoms with Gasteiger partial charge in [0.15, 0.2) is 5.96 Å². The minimum atomic E-state index is 0. The summed E-state index contributed by atoms with van der Waals surface area (Å²) in [4.78, 5) is 4.66. The minimum absolute atomic E-state index is 0. The Morgan fingerprint density at radius 2 is 2.17 bits per heavy atom. The fourth-order valence-corrected chi connectivity index (χ4v) is 3.43. The van der Waals surface area contributed by atoms with Gasteiger partial charge < -0.3 is 15.4 Å². The average Bonchev–Trinajstić information content (AvgIpc) is 2.55. The highest BCUT2D eigenvalue weighted by molar-refractivity contribution is 14.0. The Balaban J connectivity index is 0.00000264. The zero-order chi connectivity index (χ0) is 15.6. The molecule has 0 amide bonds. The molecule has 1 saturated heterocycles. The van der Waals surface area contributed by atoms with Crippen LogP contribution in [0.1, 0.15) is 26.7 Å². The van der Waals surface area contributed by atoms with Crippen molar-refractivity contribution in [2.24, 2.45) is 4.99 Å². The van der Waals surface area contributed by atoms with Gasteiger partial charge in [0.1, 0.15) is 11.9 Å².